The van der Waals surface area contributed by atoms with Gasteiger partial charge in [-0.15, -0.1) is 0 Å². The summed E-state index contributed by atoms with van der Waals surface area (Å²) in [5.41, 5.74) is 2.97. The van der Waals surface area contributed by atoms with Crippen LogP contribution in [0.4, 0.5) is 5.69 Å². The van der Waals surface area contributed by atoms with E-state index in [9.17, 15) is 17.2 Å². The third-order valence-corrected chi connectivity index (χ3v) is 5.97. The van der Waals surface area contributed by atoms with Gasteiger partial charge in [0.2, 0.25) is 0 Å². The number of hydrogen-bond donors (Lipinski definition) is 1. The number of benzene rings is 3. The van der Waals surface area contributed by atoms with E-state index in [0.717, 1.165) is 16.7 Å². The van der Waals surface area contributed by atoms with Crippen molar-refractivity contribution in [3.05, 3.63) is 78.4 Å². The van der Waals surface area contributed by atoms with Crippen LogP contribution in [-0.2, 0) is 21.1 Å². The van der Waals surface area contributed by atoms with E-state index in [2.05, 4.69) is 4.72 Å². The highest BCUT2D eigenvalue weighted by Gasteiger charge is 2.15. The van der Waals surface area contributed by atoms with Crippen LogP contribution in [0.15, 0.2) is 82.6 Å². The molecule has 0 saturated carbocycles. The van der Waals surface area contributed by atoms with E-state index in [0.29, 0.717) is 5.69 Å². The van der Waals surface area contributed by atoms with Crippen LogP contribution in [0.25, 0.3) is 11.1 Å². The lowest BCUT2D eigenvalue weighted by atomic mass is 10.1. The maximum Gasteiger partial charge on any atom is 0.261 e. The van der Waals surface area contributed by atoms with Gasteiger partial charge >= 0.3 is 0 Å². The molecule has 3 aromatic rings. The predicted molar refractivity (Wildman–Crippen MR) is 101 cm³/mol. The highest BCUT2D eigenvalue weighted by molar-refractivity contribution is 7.92. The maximum absolute atomic E-state index is 12.5. The van der Waals surface area contributed by atoms with Crippen LogP contribution < -0.4 is 4.72 Å². The van der Waals surface area contributed by atoms with Gasteiger partial charge in [-0.25, -0.2) is 8.42 Å². The van der Waals surface area contributed by atoms with Gasteiger partial charge in [-0.05, 0) is 65.0 Å². The second kappa shape index (κ2) is 7.41. The van der Waals surface area contributed by atoms with Crippen molar-refractivity contribution in [1.82, 2.24) is 0 Å². The molecule has 0 aromatic heterocycles. The molecule has 0 spiro atoms. The van der Waals surface area contributed by atoms with Gasteiger partial charge in [0.05, 0.1) is 10.6 Å². The van der Waals surface area contributed by atoms with Gasteiger partial charge in [0, 0.05) is 4.90 Å². The van der Waals surface area contributed by atoms with Crippen molar-refractivity contribution < 1.29 is 17.2 Å². The number of para-hydroxylation sites is 1. The molecule has 134 valence electrons. The van der Waals surface area contributed by atoms with Crippen LogP contribution in [0.2, 0.25) is 0 Å². The number of anilines is 1. The molecule has 3 rings (SSSR count). The van der Waals surface area contributed by atoms with Gasteiger partial charge in [0.1, 0.15) is 0 Å². The zero-order chi connectivity index (χ0) is 18.7. The molecule has 0 heterocycles. The first-order chi connectivity index (χ1) is 12.4. The Labute approximate surface area is 155 Å². The number of hydrogen-bond acceptors (Lipinski definition) is 4. The largest absolute Gasteiger partial charge is 0.768 e. The summed E-state index contributed by atoms with van der Waals surface area (Å²) in [5, 5.41) is 0. The van der Waals surface area contributed by atoms with Gasteiger partial charge in [-0.1, -0.05) is 42.5 Å². The zero-order valence-electron chi connectivity index (χ0n) is 13.9. The van der Waals surface area contributed by atoms with Crippen molar-refractivity contribution in [1.29, 1.82) is 0 Å². The van der Waals surface area contributed by atoms with Crippen LogP contribution in [0.3, 0.4) is 0 Å². The Hall–Kier alpha value is -2.48. The first kappa shape index (κ1) is 18.3. The number of nitrogens with one attached hydrogen (secondary N) is 1. The molecule has 1 atom stereocenters. The van der Waals surface area contributed by atoms with Gasteiger partial charge in [0.15, 0.2) is 0 Å². The number of sulfonamides is 1. The SMILES string of the molecule is Cc1ccccc1NS(=O)(=O)c1ccc(-c2ccc(S(=O)[O-])cc2)cc1. The van der Waals surface area contributed by atoms with Gasteiger partial charge < -0.3 is 4.55 Å². The standard InChI is InChI=1S/C19H17NO4S2/c1-14-4-2-3-5-19(14)20-26(23,24)18-12-8-16(9-13-18)15-6-10-17(11-7-15)25(21)22/h2-13,20H,1H3,(H,21,22)/p-1. The molecule has 7 heteroatoms. The van der Waals surface area contributed by atoms with E-state index in [4.69, 9.17) is 0 Å². The van der Waals surface area contributed by atoms with Gasteiger partial charge in [-0.2, -0.15) is 0 Å². The molecule has 0 aliphatic heterocycles. The highest BCUT2D eigenvalue weighted by Crippen LogP contribution is 2.24. The van der Waals surface area contributed by atoms with E-state index in [1.165, 1.54) is 24.3 Å². The van der Waals surface area contributed by atoms with Crippen LogP contribution in [0.5, 0.6) is 0 Å². The molecule has 1 unspecified atom stereocenters. The van der Waals surface area contributed by atoms with E-state index >= 15 is 0 Å². The summed E-state index contributed by atoms with van der Waals surface area (Å²) in [6, 6.07) is 20.0. The van der Waals surface area contributed by atoms with E-state index < -0.39 is 21.1 Å². The van der Waals surface area contributed by atoms with E-state index in [1.807, 2.05) is 19.1 Å². The predicted octanol–water partition coefficient (Wildman–Crippen LogP) is 3.70. The number of rotatable bonds is 5. The Morgan fingerprint density at radius 3 is 1.92 bits per heavy atom. The summed E-state index contributed by atoms with van der Waals surface area (Å²) in [4.78, 5) is 0.358. The lowest BCUT2D eigenvalue weighted by Crippen LogP contribution is -2.13. The Bertz CT molecular complexity index is 1040. The fourth-order valence-electron chi connectivity index (χ4n) is 2.48. The third kappa shape index (κ3) is 4.01. The molecule has 3 aromatic carbocycles. The highest BCUT2D eigenvalue weighted by atomic mass is 32.2. The van der Waals surface area contributed by atoms with Gasteiger partial charge in [-0.3, -0.25) is 8.93 Å². The summed E-state index contributed by atoms with van der Waals surface area (Å²) in [7, 11) is -3.68. The molecule has 0 amide bonds. The lowest BCUT2D eigenvalue weighted by Gasteiger charge is -2.11. The Kier molecular flexibility index (Phi) is 5.22. The molecule has 26 heavy (non-hydrogen) atoms. The second-order valence-electron chi connectivity index (χ2n) is 5.70. The summed E-state index contributed by atoms with van der Waals surface area (Å²) >= 11 is -2.27. The third-order valence-electron chi connectivity index (χ3n) is 3.93. The second-order valence-corrected chi connectivity index (χ2v) is 8.33. The normalized spacial score (nSPS) is 12.5. The zero-order valence-corrected chi connectivity index (χ0v) is 15.5. The smallest absolute Gasteiger partial charge is 0.261 e. The van der Waals surface area contributed by atoms with Crippen molar-refractivity contribution >= 4 is 26.8 Å². The summed E-state index contributed by atoms with van der Waals surface area (Å²) in [6.07, 6.45) is 0. The van der Waals surface area contributed by atoms with Crippen LogP contribution >= 0.6 is 0 Å². The quantitative estimate of drug-likeness (QED) is 0.678. The van der Waals surface area contributed by atoms with Gasteiger partial charge in [0.25, 0.3) is 10.0 Å². The van der Waals surface area contributed by atoms with Crippen molar-refractivity contribution in [2.24, 2.45) is 0 Å². The maximum atomic E-state index is 12.5. The topological polar surface area (TPSA) is 86.3 Å². The van der Waals surface area contributed by atoms with Crippen molar-refractivity contribution in [2.75, 3.05) is 4.72 Å². The van der Waals surface area contributed by atoms with Crippen molar-refractivity contribution in [3.8, 4) is 11.1 Å². The Morgan fingerprint density at radius 1 is 0.846 bits per heavy atom. The summed E-state index contributed by atoms with van der Waals surface area (Å²) in [6.45, 7) is 1.83. The molecule has 0 radical (unpaired) electrons. The fourth-order valence-corrected chi connectivity index (χ4v) is 3.97. The molecule has 1 N–H and O–H groups in total. The van der Waals surface area contributed by atoms with E-state index in [-0.39, 0.29) is 9.79 Å². The minimum absolute atomic E-state index is 0.154. The summed E-state index contributed by atoms with van der Waals surface area (Å²) in [5.74, 6) is 0. The average molecular weight is 386 g/mol. The Morgan fingerprint density at radius 2 is 1.38 bits per heavy atom. The van der Waals surface area contributed by atoms with Crippen molar-refractivity contribution in [2.45, 2.75) is 16.7 Å². The van der Waals surface area contributed by atoms with Crippen LogP contribution in [0, 0.1) is 6.92 Å². The fraction of sp³-hybridized carbons (Fsp3) is 0.0526. The minimum atomic E-state index is -3.68. The lowest BCUT2D eigenvalue weighted by molar-refractivity contribution is 0.537. The molecule has 0 aliphatic rings. The molecular formula is C19H16NO4S2-. The van der Waals surface area contributed by atoms with Crippen LogP contribution in [0.1, 0.15) is 5.56 Å². The minimum Gasteiger partial charge on any atom is -0.768 e. The monoisotopic (exact) mass is 386 g/mol. The Balaban J connectivity index is 1.84. The molecule has 0 fully saturated rings. The van der Waals surface area contributed by atoms with E-state index in [1.54, 1.807) is 36.4 Å². The average Bonchev–Trinajstić information content (AvgIpc) is 2.64. The molecular weight excluding hydrogens is 370 g/mol. The van der Waals surface area contributed by atoms with Crippen molar-refractivity contribution in [3.63, 3.8) is 0 Å². The number of aryl methyl sites for hydroxylation is 1. The molecule has 0 aliphatic carbocycles. The molecule has 0 bridgehead atoms. The summed E-state index contributed by atoms with van der Waals surface area (Å²) < 4.78 is 49.5. The van der Waals surface area contributed by atoms with Crippen LogP contribution in [-0.4, -0.2) is 17.2 Å². The molecule has 0 saturated heterocycles. The molecule has 5 nitrogen and oxygen atoms in total. The first-order valence-corrected chi connectivity index (χ1v) is 10.3. The first-order valence-electron chi connectivity index (χ1n) is 7.75.